The second-order valence-electron chi connectivity index (χ2n) is 5.20. The van der Waals surface area contributed by atoms with E-state index >= 15 is 0 Å². The molecule has 1 aromatic rings. The minimum absolute atomic E-state index is 0.0141. The van der Waals surface area contributed by atoms with E-state index in [1.54, 1.807) is 0 Å². The maximum Gasteiger partial charge on any atom is 0.418 e. The van der Waals surface area contributed by atoms with Crippen molar-refractivity contribution in [2.45, 2.75) is 6.18 Å². The van der Waals surface area contributed by atoms with Gasteiger partial charge in [-0.2, -0.15) is 13.2 Å². The number of esters is 2. The van der Waals surface area contributed by atoms with E-state index in [1.165, 1.54) is 37.6 Å². The van der Waals surface area contributed by atoms with Gasteiger partial charge in [-0.1, -0.05) is 6.08 Å². The Labute approximate surface area is 153 Å². The molecule has 6 nitrogen and oxygen atoms in total. The summed E-state index contributed by atoms with van der Waals surface area (Å²) < 4.78 is 55.0. The lowest BCUT2D eigenvalue weighted by Gasteiger charge is -2.26. The van der Waals surface area contributed by atoms with Gasteiger partial charge in [0, 0.05) is 6.20 Å². The normalized spacial score (nSPS) is 14.1. The van der Waals surface area contributed by atoms with Gasteiger partial charge in [-0.15, -0.1) is 0 Å². The van der Waals surface area contributed by atoms with E-state index in [0.29, 0.717) is 0 Å². The highest BCUT2D eigenvalue weighted by Gasteiger charge is 2.38. The highest BCUT2D eigenvalue weighted by molar-refractivity contribution is 6.05. The maximum atomic E-state index is 13.6. The van der Waals surface area contributed by atoms with Gasteiger partial charge in [0.05, 0.1) is 38.2 Å². The minimum atomic E-state index is -4.75. The molecule has 1 aromatic carbocycles. The quantitative estimate of drug-likeness (QED) is 0.744. The SMILES string of the molecule is COC(=O)C1=C(C(=O)OC)N(c2ccc(OC)cc2C(F)(F)F)C=CC=C1. The number of allylic oxidation sites excluding steroid dienone is 2. The highest BCUT2D eigenvalue weighted by Crippen LogP contribution is 2.41. The number of anilines is 1. The first-order chi connectivity index (χ1) is 12.7. The number of nitrogens with zero attached hydrogens (tertiary/aromatic N) is 1. The molecule has 0 unspecified atom stereocenters. The lowest BCUT2D eigenvalue weighted by Crippen LogP contribution is -2.28. The zero-order valence-electron chi connectivity index (χ0n) is 14.7. The second-order valence-corrected chi connectivity index (χ2v) is 5.20. The van der Waals surface area contributed by atoms with E-state index in [2.05, 4.69) is 9.47 Å². The first kappa shape index (κ1) is 20.1. The molecule has 0 radical (unpaired) electrons. The van der Waals surface area contributed by atoms with E-state index in [9.17, 15) is 22.8 Å². The van der Waals surface area contributed by atoms with Gasteiger partial charge in [0.25, 0.3) is 0 Å². The number of halogens is 3. The average molecular weight is 383 g/mol. The lowest BCUT2D eigenvalue weighted by atomic mass is 10.1. The van der Waals surface area contributed by atoms with Crippen molar-refractivity contribution in [3.8, 4) is 5.75 Å². The Balaban J connectivity index is 2.78. The number of alkyl halides is 3. The molecule has 27 heavy (non-hydrogen) atoms. The zero-order chi connectivity index (χ0) is 20.2. The van der Waals surface area contributed by atoms with Crippen LogP contribution >= 0.6 is 0 Å². The van der Waals surface area contributed by atoms with Crippen LogP contribution in [0.25, 0.3) is 0 Å². The summed E-state index contributed by atoms with van der Waals surface area (Å²) in [5, 5.41) is 0. The number of benzene rings is 1. The van der Waals surface area contributed by atoms with E-state index in [1.807, 2.05) is 0 Å². The molecule has 9 heteroatoms. The number of ether oxygens (including phenoxy) is 3. The van der Waals surface area contributed by atoms with E-state index in [0.717, 1.165) is 31.3 Å². The zero-order valence-corrected chi connectivity index (χ0v) is 14.7. The summed E-state index contributed by atoms with van der Waals surface area (Å²) >= 11 is 0. The molecule has 0 aromatic heterocycles. The van der Waals surface area contributed by atoms with Crippen LogP contribution in [0.2, 0.25) is 0 Å². The molecule has 0 spiro atoms. The molecule has 144 valence electrons. The van der Waals surface area contributed by atoms with Crippen LogP contribution in [0.3, 0.4) is 0 Å². The third-order valence-electron chi connectivity index (χ3n) is 3.66. The van der Waals surface area contributed by atoms with Crippen molar-refractivity contribution in [1.82, 2.24) is 0 Å². The third-order valence-corrected chi connectivity index (χ3v) is 3.66. The van der Waals surface area contributed by atoms with Gasteiger partial charge in [-0.05, 0) is 30.4 Å². The van der Waals surface area contributed by atoms with Crippen molar-refractivity contribution in [1.29, 1.82) is 0 Å². The summed E-state index contributed by atoms with van der Waals surface area (Å²) in [6, 6.07) is 3.24. The van der Waals surface area contributed by atoms with Crippen LogP contribution in [0.1, 0.15) is 5.56 Å². The van der Waals surface area contributed by atoms with E-state index in [-0.39, 0.29) is 17.0 Å². The molecule has 2 rings (SSSR count). The Morgan fingerprint density at radius 1 is 1.00 bits per heavy atom. The Morgan fingerprint density at radius 3 is 2.22 bits per heavy atom. The Bertz CT molecular complexity index is 840. The summed E-state index contributed by atoms with van der Waals surface area (Å²) in [6.07, 6.45) is 0.500. The molecule has 0 amide bonds. The van der Waals surface area contributed by atoms with Crippen molar-refractivity contribution >= 4 is 17.6 Å². The smallest absolute Gasteiger partial charge is 0.418 e. The molecule has 0 aliphatic carbocycles. The Morgan fingerprint density at radius 2 is 1.67 bits per heavy atom. The molecule has 0 saturated heterocycles. The number of hydrogen-bond acceptors (Lipinski definition) is 6. The summed E-state index contributed by atoms with van der Waals surface area (Å²) in [4.78, 5) is 25.3. The molecule has 1 heterocycles. The van der Waals surface area contributed by atoms with Crippen LogP contribution in [0.15, 0.2) is 53.9 Å². The summed E-state index contributed by atoms with van der Waals surface area (Å²) in [5.41, 5.74) is -2.10. The van der Waals surface area contributed by atoms with Crippen molar-refractivity contribution in [3.05, 3.63) is 59.5 Å². The largest absolute Gasteiger partial charge is 0.497 e. The second kappa shape index (κ2) is 7.98. The molecular weight excluding hydrogens is 367 g/mol. The molecule has 0 saturated carbocycles. The predicted octanol–water partition coefficient (Wildman–Crippen LogP) is 3.20. The van der Waals surface area contributed by atoms with Crippen molar-refractivity contribution < 1.29 is 37.0 Å². The molecule has 1 aliphatic heterocycles. The van der Waals surface area contributed by atoms with Crippen LogP contribution in [0.4, 0.5) is 18.9 Å². The van der Waals surface area contributed by atoms with Crippen LogP contribution in [0, 0.1) is 0 Å². The Kier molecular flexibility index (Phi) is 5.94. The van der Waals surface area contributed by atoms with Gasteiger partial charge in [0.2, 0.25) is 0 Å². The fraction of sp³-hybridized carbons (Fsp3) is 0.222. The molecule has 0 fully saturated rings. The van der Waals surface area contributed by atoms with Gasteiger partial charge in [0.15, 0.2) is 0 Å². The molecule has 0 bridgehead atoms. The predicted molar refractivity (Wildman–Crippen MR) is 89.8 cm³/mol. The number of rotatable bonds is 4. The molecule has 1 aliphatic rings. The third kappa shape index (κ3) is 4.13. The van der Waals surface area contributed by atoms with Crippen LogP contribution in [-0.2, 0) is 25.2 Å². The fourth-order valence-electron chi connectivity index (χ4n) is 2.43. The van der Waals surface area contributed by atoms with Crippen molar-refractivity contribution in [2.24, 2.45) is 0 Å². The first-order valence-corrected chi connectivity index (χ1v) is 7.54. The van der Waals surface area contributed by atoms with Gasteiger partial charge in [0.1, 0.15) is 11.4 Å². The van der Waals surface area contributed by atoms with Gasteiger partial charge in [-0.3, -0.25) is 0 Å². The highest BCUT2D eigenvalue weighted by atomic mass is 19.4. The molecular formula is C18H16F3NO5. The summed E-state index contributed by atoms with van der Waals surface area (Å²) in [6.45, 7) is 0. The monoisotopic (exact) mass is 383 g/mol. The average Bonchev–Trinajstić information content (AvgIpc) is 2.88. The number of carbonyl (C=O) groups is 2. The maximum absolute atomic E-state index is 13.6. The summed E-state index contributed by atoms with van der Waals surface area (Å²) in [5.74, 6) is -1.92. The number of hydrogen-bond donors (Lipinski definition) is 0. The van der Waals surface area contributed by atoms with Gasteiger partial charge < -0.3 is 19.1 Å². The Hall–Kier alpha value is -3.23. The van der Waals surface area contributed by atoms with Crippen molar-refractivity contribution in [3.63, 3.8) is 0 Å². The summed E-state index contributed by atoms with van der Waals surface area (Å²) in [7, 11) is 3.38. The van der Waals surface area contributed by atoms with Crippen molar-refractivity contribution in [2.75, 3.05) is 26.2 Å². The standard InChI is InChI=1S/C18H16F3NO5/c1-25-11-7-8-14(13(10-11)18(19,20)21)22-9-5-4-6-12(16(23)26-2)15(22)17(24)27-3/h4-10H,1-3H3. The fourth-order valence-corrected chi connectivity index (χ4v) is 2.43. The van der Waals surface area contributed by atoms with Crippen LogP contribution in [0.5, 0.6) is 5.75 Å². The van der Waals surface area contributed by atoms with E-state index < -0.39 is 29.4 Å². The van der Waals surface area contributed by atoms with Gasteiger partial charge >= 0.3 is 18.1 Å². The number of methoxy groups -OCH3 is 3. The van der Waals surface area contributed by atoms with Crippen LogP contribution in [-0.4, -0.2) is 33.3 Å². The molecule has 0 atom stereocenters. The number of carbonyl (C=O) groups excluding carboxylic acids is 2. The lowest BCUT2D eigenvalue weighted by molar-refractivity contribution is -0.139. The first-order valence-electron chi connectivity index (χ1n) is 7.54. The van der Waals surface area contributed by atoms with E-state index in [4.69, 9.17) is 4.74 Å². The minimum Gasteiger partial charge on any atom is -0.497 e. The topological polar surface area (TPSA) is 65.1 Å². The van der Waals surface area contributed by atoms with Gasteiger partial charge in [-0.25, -0.2) is 9.59 Å². The molecule has 0 N–H and O–H groups in total. The van der Waals surface area contributed by atoms with Crippen LogP contribution < -0.4 is 9.64 Å².